The summed E-state index contributed by atoms with van der Waals surface area (Å²) in [6.07, 6.45) is 1.72. The van der Waals surface area contributed by atoms with Crippen LogP contribution in [-0.4, -0.2) is 40.9 Å². The van der Waals surface area contributed by atoms with Gasteiger partial charge in [-0.05, 0) is 26.0 Å². The van der Waals surface area contributed by atoms with E-state index in [0.29, 0.717) is 25.7 Å². The lowest BCUT2D eigenvalue weighted by Crippen LogP contribution is -2.39. The van der Waals surface area contributed by atoms with Gasteiger partial charge in [-0.3, -0.25) is 4.99 Å². The third kappa shape index (κ3) is 6.34. The van der Waals surface area contributed by atoms with Crippen molar-refractivity contribution in [2.75, 3.05) is 20.2 Å². The highest BCUT2D eigenvalue weighted by atomic mass is 127. The van der Waals surface area contributed by atoms with Crippen molar-refractivity contribution < 1.29 is 4.74 Å². The molecule has 1 heterocycles. The number of nitrogens with zero attached hydrogens (tertiary/aromatic N) is 4. The van der Waals surface area contributed by atoms with E-state index in [0.717, 1.165) is 18.1 Å². The molecule has 0 radical (unpaired) electrons. The minimum absolute atomic E-state index is 0. The minimum Gasteiger partial charge on any atom is -0.492 e. The molecule has 7 nitrogen and oxygen atoms in total. The van der Waals surface area contributed by atoms with Crippen LogP contribution >= 0.6 is 24.0 Å². The Morgan fingerprint density at radius 1 is 1.25 bits per heavy atom. The number of nitrogens with one attached hydrogen (secondary N) is 2. The van der Waals surface area contributed by atoms with Gasteiger partial charge in [0.25, 0.3) is 0 Å². The number of aryl methyl sites for hydroxylation is 2. The van der Waals surface area contributed by atoms with Gasteiger partial charge in [-0.25, -0.2) is 0 Å². The molecule has 0 aliphatic carbocycles. The Labute approximate surface area is 159 Å². The first-order valence-corrected chi connectivity index (χ1v) is 7.73. The van der Waals surface area contributed by atoms with Crippen molar-refractivity contribution in [2.24, 2.45) is 4.99 Å². The maximum Gasteiger partial charge on any atom is 0.191 e. The molecule has 0 saturated carbocycles. The van der Waals surface area contributed by atoms with Crippen LogP contribution in [0.25, 0.3) is 0 Å². The van der Waals surface area contributed by atoms with E-state index in [2.05, 4.69) is 39.7 Å². The van der Waals surface area contributed by atoms with Gasteiger partial charge in [0, 0.05) is 13.6 Å². The molecule has 0 bridgehead atoms. The zero-order chi connectivity index (χ0) is 16.5. The zero-order valence-electron chi connectivity index (χ0n) is 14.3. The Balaban J connectivity index is 0.00000288. The van der Waals surface area contributed by atoms with Gasteiger partial charge in [-0.2, -0.15) is 0 Å². The molecule has 0 aliphatic rings. The molecule has 2 N–H and O–H groups in total. The van der Waals surface area contributed by atoms with E-state index >= 15 is 0 Å². The smallest absolute Gasteiger partial charge is 0.191 e. The highest BCUT2D eigenvalue weighted by Crippen LogP contribution is 2.10. The van der Waals surface area contributed by atoms with Crippen molar-refractivity contribution in [2.45, 2.75) is 26.9 Å². The second kappa shape index (κ2) is 10.8. The summed E-state index contributed by atoms with van der Waals surface area (Å²) >= 11 is 0. The fourth-order valence-corrected chi connectivity index (χ4v) is 2.04. The number of hydrogen-bond acceptors (Lipinski definition) is 4. The fourth-order valence-electron chi connectivity index (χ4n) is 2.04. The molecule has 0 spiro atoms. The molecule has 1 aromatic carbocycles. The minimum atomic E-state index is 0. The van der Waals surface area contributed by atoms with Gasteiger partial charge in [0.1, 0.15) is 18.7 Å². The van der Waals surface area contributed by atoms with Crippen molar-refractivity contribution in [3.63, 3.8) is 0 Å². The summed E-state index contributed by atoms with van der Waals surface area (Å²) in [5.74, 6) is 2.46. The lowest BCUT2D eigenvalue weighted by molar-refractivity contribution is 0.322. The maximum atomic E-state index is 5.67. The van der Waals surface area contributed by atoms with Crippen molar-refractivity contribution in [3.05, 3.63) is 42.0 Å². The van der Waals surface area contributed by atoms with Crippen LogP contribution in [-0.2, 0) is 13.1 Å². The summed E-state index contributed by atoms with van der Waals surface area (Å²) in [5, 5.41) is 14.4. The number of hydrogen-bond donors (Lipinski definition) is 2. The number of guanidine groups is 1. The third-order valence-electron chi connectivity index (χ3n) is 3.36. The van der Waals surface area contributed by atoms with E-state index < -0.39 is 0 Å². The molecule has 0 aliphatic heterocycles. The van der Waals surface area contributed by atoms with E-state index in [4.69, 9.17) is 4.74 Å². The highest BCUT2D eigenvalue weighted by Gasteiger charge is 2.04. The quantitative estimate of drug-likeness (QED) is 0.296. The molecule has 0 unspecified atom stereocenters. The van der Waals surface area contributed by atoms with Crippen LogP contribution in [0.2, 0.25) is 0 Å². The topological polar surface area (TPSA) is 76.4 Å². The largest absolute Gasteiger partial charge is 0.492 e. The monoisotopic (exact) mass is 444 g/mol. The number of benzene rings is 1. The molecule has 1 aromatic heterocycles. The van der Waals surface area contributed by atoms with Crippen LogP contribution in [0, 0.1) is 6.92 Å². The summed E-state index contributed by atoms with van der Waals surface area (Å²) in [4.78, 5) is 4.18. The summed E-state index contributed by atoms with van der Waals surface area (Å²) < 4.78 is 7.66. The maximum absolute atomic E-state index is 5.67. The van der Waals surface area contributed by atoms with E-state index in [-0.39, 0.29) is 24.0 Å². The molecule has 0 saturated heterocycles. The van der Waals surface area contributed by atoms with Gasteiger partial charge in [0.15, 0.2) is 11.8 Å². The normalized spacial score (nSPS) is 10.9. The van der Waals surface area contributed by atoms with Crippen LogP contribution in [0.3, 0.4) is 0 Å². The number of aliphatic imine (C=N–C) groups is 1. The van der Waals surface area contributed by atoms with Gasteiger partial charge in [-0.15, -0.1) is 34.2 Å². The Morgan fingerprint density at radius 2 is 2.00 bits per heavy atom. The number of ether oxygens (including phenoxy) is 1. The van der Waals surface area contributed by atoms with Crippen molar-refractivity contribution in [1.82, 2.24) is 25.4 Å². The first kappa shape index (κ1) is 20.2. The second-order valence-electron chi connectivity index (χ2n) is 5.05. The predicted octanol–water partition coefficient (Wildman–Crippen LogP) is 1.97. The molecule has 2 aromatic rings. The van der Waals surface area contributed by atoms with E-state index in [1.807, 2.05) is 28.8 Å². The molecular formula is C16H25IN6O. The second-order valence-corrected chi connectivity index (χ2v) is 5.05. The summed E-state index contributed by atoms with van der Waals surface area (Å²) in [6.45, 7) is 6.76. The van der Waals surface area contributed by atoms with E-state index in [9.17, 15) is 0 Å². The van der Waals surface area contributed by atoms with Crippen LogP contribution in [0.15, 0.2) is 35.6 Å². The lowest BCUT2D eigenvalue weighted by Gasteiger charge is -2.12. The Hall–Kier alpha value is -1.84. The third-order valence-corrected chi connectivity index (χ3v) is 3.36. The molecule has 0 atom stereocenters. The Bertz CT molecular complexity index is 626. The SMILES string of the molecule is CCn1cnnc1CNC(=NC)NCCOc1ccc(C)cc1.I. The molecule has 8 heteroatoms. The zero-order valence-corrected chi connectivity index (χ0v) is 16.7. The van der Waals surface area contributed by atoms with E-state index in [1.165, 1.54) is 5.56 Å². The van der Waals surface area contributed by atoms with Crippen LogP contribution in [0.5, 0.6) is 5.75 Å². The standard InChI is InChI=1S/C16H24N6O.HI/c1-4-22-12-20-21-15(22)11-19-16(17-3)18-9-10-23-14-7-5-13(2)6-8-14;/h5-8,12H,4,9-11H2,1-3H3,(H2,17,18,19);1H. The van der Waals surface area contributed by atoms with Crippen LogP contribution in [0.4, 0.5) is 0 Å². The van der Waals surface area contributed by atoms with E-state index in [1.54, 1.807) is 13.4 Å². The molecule has 0 fully saturated rings. The molecule has 132 valence electrons. The number of rotatable bonds is 7. The van der Waals surface area contributed by atoms with Gasteiger partial charge < -0.3 is 19.9 Å². The summed E-state index contributed by atoms with van der Waals surface area (Å²) in [7, 11) is 1.74. The average Bonchev–Trinajstić information content (AvgIpc) is 3.03. The Morgan fingerprint density at radius 3 is 2.67 bits per heavy atom. The van der Waals surface area contributed by atoms with Crippen molar-refractivity contribution in [3.8, 4) is 5.75 Å². The van der Waals surface area contributed by atoms with Gasteiger partial charge in [0.2, 0.25) is 0 Å². The fraction of sp³-hybridized carbons (Fsp3) is 0.438. The number of halogens is 1. The van der Waals surface area contributed by atoms with Crippen LogP contribution in [0.1, 0.15) is 18.3 Å². The summed E-state index contributed by atoms with van der Waals surface area (Å²) in [6, 6.07) is 8.01. The summed E-state index contributed by atoms with van der Waals surface area (Å²) in [5.41, 5.74) is 1.22. The van der Waals surface area contributed by atoms with Gasteiger partial charge >= 0.3 is 0 Å². The molecule has 2 rings (SSSR count). The molecule has 0 amide bonds. The lowest BCUT2D eigenvalue weighted by atomic mass is 10.2. The first-order valence-electron chi connectivity index (χ1n) is 7.73. The van der Waals surface area contributed by atoms with Crippen LogP contribution < -0.4 is 15.4 Å². The number of aromatic nitrogens is 3. The van der Waals surface area contributed by atoms with Gasteiger partial charge in [0.05, 0.1) is 13.1 Å². The average molecular weight is 444 g/mol. The highest BCUT2D eigenvalue weighted by molar-refractivity contribution is 14.0. The first-order chi connectivity index (χ1) is 11.2. The predicted molar refractivity (Wildman–Crippen MR) is 106 cm³/mol. The van der Waals surface area contributed by atoms with Crippen molar-refractivity contribution >= 4 is 29.9 Å². The van der Waals surface area contributed by atoms with Gasteiger partial charge in [-0.1, -0.05) is 17.7 Å². The molecule has 24 heavy (non-hydrogen) atoms. The Kier molecular flexibility index (Phi) is 9.13. The van der Waals surface area contributed by atoms with Crippen molar-refractivity contribution in [1.29, 1.82) is 0 Å². The molecular weight excluding hydrogens is 419 g/mol.